The third kappa shape index (κ3) is 4.83. The van der Waals surface area contributed by atoms with Crippen LogP contribution in [0.25, 0.3) is 0 Å². The Morgan fingerprint density at radius 3 is 2.75 bits per heavy atom. The van der Waals surface area contributed by atoms with Gasteiger partial charge in [-0.2, -0.15) is 0 Å². The summed E-state index contributed by atoms with van der Waals surface area (Å²) in [6, 6.07) is 4.43. The predicted octanol–water partition coefficient (Wildman–Crippen LogP) is 2.58. The topological polar surface area (TPSA) is 81.4 Å². The summed E-state index contributed by atoms with van der Waals surface area (Å²) in [5.74, 6) is -0.793. The third-order valence-corrected chi connectivity index (χ3v) is 3.00. The van der Waals surface area contributed by atoms with E-state index in [0.29, 0.717) is 10.7 Å². The number of carbonyl (C=O) groups excluding carboxylic acids is 2. The Kier molecular flexibility index (Phi) is 6.48. The van der Waals surface area contributed by atoms with Gasteiger partial charge in [-0.25, -0.2) is 4.79 Å². The molecule has 0 aromatic heterocycles. The average molecular weight is 299 g/mol. The Morgan fingerprint density at radius 2 is 2.15 bits per heavy atom. The molecule has 3 N–H and O–H groups in total. The lowest BCUT2D eigenvalue weighted by molar-refractivity contribution is -0.116. The molecule has 0 saturated heterocycles. The van der Waals surface area contributed by atoms with E-state index in [1.165, 1.54) is 13.2 Å². The van der Waals surface area contributed by atoms with E-state index in [-0.39, 0.29) is 23.9 Å². The number of esters is 1. The molecule has 1 aromatic carbocycles. The van der Waals surface area contributed by atoms with Gasteiger partial charge >= 0.3 is 5.97 Å². The van der Waals surface area contributed by atoms with E-state index in [4.69, 9.17) is 17.3 Å². The molecule has 0 aliphatic carbocycles. The van der Waals surface area contributed by atoms with Gasteiger partial charge in [-0.1, -0.05) is 24.9 Å². The Labute approximate surface area is 123 Å². The van der Waals surface area contributed by atoms with E-state index in [1.807, 2.05) is 6.92 Å². The number of hydrogen-bond donors (Lipinski definition) is 2. The van der Waals surface area contributed by atoms with Crippen molar-refractivity contribution < 1.29 is 14.3 Å². The summed E-state index contributed by atoms with van der Waals surface area (Å²) in [5.41, 5.74) is 6.40. The first-order chi connectivity index (χ1) is 9.47. The van der Waals surface area contributed by atoms with Gasteiger partial charge in [-0.05, 0) is 24.6 Å². The van der Waals surface area contributed by atoms with Gasteiger partial charge < -0.3 is 15.8 Å². The fourth-order valence-electron chi connectivity index (χ4n) is 1.82. The highest BCUT2D eigenvalue weighted by Crippen LogP contribution is 2.22. The number of ether oxygens (including phenoxy) is 1. The molecule has 20 heavy (non-hydrogen) atoms. The normalized spacial score (nSPS) is 11.8. The number of methoxy groups -OCH3 is 1. The number of nitrogens with one attached hydrogen (secondary N) is 1. The lowest BCUT2D eigenvalue weighted by Gasteiger charge is -2.13. The van der Waals surface area contributed by atoms with Crippen molar-refractivity contribution in [3.05, 3.63) is 28.8 Å². The minimum absolute atomic E-state index is 0.186. The van der Waals surface area contributed by atoms with Crippen LogP contribution < -0.4 is 11.1 Å². The SMILES string of the molecule is CCCC(N)CC(=O)Nc1ccc(Cl)cc1C(=O)OC. The minimum Gasteiger partial charge on any atom is -0.465 e. The smallest absolute Gasteiger partial charge is 0.340 e. The molecule has 1 rings (SSSR count). The fraction of sp³-hybridized carbons (Fsp3) is 0.429. The highest BCUT2D eigenvalue weighted by Gasteiger charge is 2.16. The van der Waals surface area contributed by atoms with E-state index in [9.17, 15) is 9.59 Å². The first-order valence-corrected chi connectivity index (χ1v) is 6.79. The summed E-state index contributed by atoms with van der Waals surface area (Å²) in [5, 5.41) is 3.06. The predicted molar refractivity (Wildman–Crippen MR) is 78.9 cm³/mol. The van der Waals surface area contributed by atoms with Crippen LogP contribution in [0.4, 0.5) is 5.69 Å². The summed E-state index contributed by atoms with van der Waals surface area (Å²) >= 11 is 5.84. The molecular formula is C14H19ClN2O3. The highest BCUT2D eigenvalue weighted by molar-refractivity contribution is 6.31. The number of nitrogens with two attached hydrogens (primary N) is 1. The van der Waals surface area contributed by atoms with Crippen LogP contribution in [0.15, 0.2) is 18.2 Å². The Balaban J connectivity index is 2.81. The molecule has 1 unspecified atom stereocenters. The van der Waals surface area contributed by atoms with Crippen LogP contribution in [0, 0.1) is 0 Å². The summed E-state index contributed by atoms with van der Waals surface area (Å²) in [6.07, 6.45) is 1.90. The number of rotatable bonds is 6. The van der Waals surface area contributed by atoms with Crippen molar-refractivity contribution in [3.8, 4) is 0 Å². The average Bonchev–Trinajstić information content (AvgIpc) is 2.40. The molecule has 0 saturated carbocycles. The Bertz CT molecular complexity index is 491. The maximum atomic E-state index is 11.9. The molecule has 5 nitrogen and oxygen atoms in total. The third-order valence-electron chi connectivity index (χ3n) is 2.77. The standard InChI is InChI=1S/C14H19ClN2O3/c1-3-4-10(16)8-13(18)17-12-6-5-9(15)7-11(12)14(19)20-2/h5-7,10H,3-4,8,16H2,1-2H3,(H,17,18). The monoisotopic (exact) mass is 298 g/mol. The molecule has 0 fully saturated rings. The van der Waals surface area contributed by atoms with E-state index in [2.05, 4.69) is 10.1 Å². The van der Waals surface area contributed by atoms with E-state index < -0.39 is 5.97 Å². The van der Waals surface area contributed by atoms with Crippen LogP contribution in [-0.2, 0) is 9.53 Å². The van der Waals surface area contributed by atoms with E-state index in [1.54, 1.807) is 12.1 Å². The van der Waals surface area contributed by atoms with Crippen LogP contribution in [0.1, 0.15) is 36.5 Å². The fourth-order valence-corrected chi connectivity index (χ4v) is 1.99. The van der Waals surface area contributed by atoms with Gasteiger partial charge in [0.05, 0.1) is 18.4 Å². The first-order valence-electron chi connectivity index (χ1n) is 6.41. The van der Waals surface area contributed by atoms with Gasteiger partial charge in [0.15, 0.2) is 0 Å². The van der Waals surface area contributed by atoms with Gasteiger partial charge in [0.25, 0.3) is 0 Å². The van der Waals surface area contributed by atoms with Crippen LogP contribution >= 0.6 is 11.6 Å². The van der Waals surface area contributed by atoms with Gasteiger partial charge in [-0.15, -0.1) is 0 Å². The van der Waals surface area contributed by atoms with Crippen LogP contribution in [0.2, 0.25) is 5.02 Å². The minimum atomic E-state index is -0.555. The second-order valence-electron chi connectivity index (χ2n) is 4.48. The van der Waals surface area contributed by atoms with Crippen molar-refractivity contribution in [1.29, 1.82) is 0 Å². The molecule has 6 heteroatoms. The molecule has 110 valence electrons. The second kappa shape index (κ2) is 7.87. The summed E-state index contributed by atoms with van der Waals surface area (Å²) in [7, 11) is 1.27. The van der Waals surface area contributed by atoms with Crippen molar-refractivity contribution in [2.24, 2.45) is 5.73 Å². The van der Waals surface area contributed by atoms with Gasteiger partial charge in [-0.3, -0.25) is 4.79 Å². The number of carbonyl (C=O) groups is 2. The summed E-state index contributed by atoms with van der Waals surface area (Å²) in [6.45, 7) is 2.01. The second-order valence-corrected chi connectivity index (χ2v) is 4.92. The summed E-state index contributed by atoms with van der Waals surface area (Å²) < 4.78 is 4.66. The van der Waals surface area contributed by atoms with Gasteiger partial charge in [0, 0.05) is 17.5 Å². The molecule has 1 atom stereocenters. The molecule has 0 heterocycles. The van der Waals surface area contributed by atoms with Crippen molar-refractivity contribution in [2.45, 2.75) is 32.2 Å². The van der Waals surface area contributed by atoms with E-state index in [0.717, 1.165) is 12.8 Å². The molecule has 0 bridgehead atoms. The first kappa shape index (κ1) is 16.5. The largest absolute Gasteiger partial charge is 0.465 e. The number of anilines is 1. The van der Waals surface area contributed by atoms with Crippen LogP contribution in [0.5, 0.6) is 0 Å². The van der Waals surface area contributed by atoms with Gasteiger partial charge in [0.2, 0.25) is 5.91 Å². The van der Waals surface area contributed by atoms with Crippen molar-refractivity contribution in [1.82, 2.24) is 0 Å². The van der Waals surface area contributed by atoms with Crippen molar-refractivity contribution in [2.75, 3.05) is 12.4 Å². The maximum Gasteiger partial charge on any atom is 0.340 e. The Hall–Kier alpha value is -1.59. The molecule has 0 aliphatic rings. The molecule has 0 radical (unpaired) electrons. The van der Waals surface area contributed by atoms with Crippen LogP contribution in [-0.4, -0.2) is 25.0 Å². The lowest BCUT2D eigenvalue weighted by atomic mass is 10.1. The molecule has 1 aromatic rings. The lowest BCUT2D eigenvalue weighted by Crippen LogP contribution is -2.27. The van der Waals surface area contributed by atoms with Crippen molar-refractivity contribution >= 4 is 29.2 Å². The zero-order chi connectivity index (χ0) is 15.1. The Morgan fingerprint density at radius 1 is 1.45 bits per heavy atom. The quantitative estimate of drug-likeness (QED) is 0.791. The maximum absolute atomic E-state index is 11.9. The number of benzene rings is 1. The van der Waals surface area contributed by atoms with E-state index >= 15 is 0 Å². The van der Waals surface area contributed by atoms with Gasteiger partial charge in [0.1, 0.15) is 0 Å². The summed E-state index contributed by atoms with van der Waals surface area (Å²) in [4.78, 5) is 23.5. The number of amides is 1. The zero-order valence-corrected chi connectivity index (χ0v) is 12.4. The highest BCUT2D eigenvalue weighted by atomic mass is 35.5. The molecule has 0 spiro atoms. The molecular weight excluding hydrogens is 280 g/mol. The zero-order valence-electron chi connectivity index (χ0n) is 11.6. The molecule has 1 amide bonds. The number of halogens is 1. The molecule has 0 aliphatic heterocycles. The van der Waals surface area contributed by atoms with Crippen LogP contribution in [0.3, 0.4) is 0 Å². The number of hydrogen-bond acceptors (Lipinski definition) is 4. The van der Waals surface area contributed by atoms with Crippen molar-refractivity contribution in [3.63, 3.8) is 0 Å².